The van der Waals surface area contributed by atoms with E-state index in [2.05, 4.69) is 30.6 Å². The molecule has 4 heterocycles. The maximum absolute atomic E-state index is 14.8. The smallest absolute Gasteiger partial charge is 0.244 e. The normalized spacial score (nSPS) is 19.0. The van der Waals surface area contributed by atoms with Crippen molar-refractivity contribution in [3.8, 4) is 17.0 Å². The number of rotatable bonds is 9. The second-order valence-electron chi connectivity index (χ2n) is 8.52. The Morgan fingerprint density at radius 2 is 2.09 bits per heavy atom. The maximum atomic E-state index is 14.8. The maximum Gasteiger partial charge on any atom is 0.244 e. The highest BCUT2D eigenvalue weighted by Crippen LogP contribution is 2.33. The first kappa shape index (κ1) is 23.4. The summed E-state index contributed by atoms with van der Waals surface area (Å²) in [6, 6.07) is 7.20. The number of aryl methyl sites for hydroxylation is 1. The number of aromatic nitrogens is 6. The minimum absolute atomic E-state index is 0.138. The molecule has 5 rings (SSSR count). The fourth-order valence-electron chi connectivity index (χ4n) is 4.53. The number of piperidine rings is 1. The quantitative estimate of drug-likeness (QED) is 0.386. The first-order chi connectivity index (χ1) is 17.1. The molecule has 3 aromatic heterocycles. The monoisotopic (exact) mass is 486 g/mol. The van der Waals surface area contributed by atoms with E-state index in [1.165, 1.54) is 0 Å². The number of fused-ring (bicyclic) bond motifs is 2. The lowest BCUT2D eigenvalue weighted by Gasteiger charge is -2.34. The van der Waals surface area contributed by atoms with Crippen LogP contribution in [0.2, 0.25) is 0 Å². The van der Waals surface area contributed by atoms with Crippen molar-refractivity contribution in [3.05, 3.63) is 30.5 Å². The van der Waals surface area contributed by atoms with Crippen LogP contribution in [0.1, 0.15) is 6.42 Å². The van der Waals surface area contributed by atoms with Gasteiger partial charge in [0, 0.05) is 38.5 Å². The summed E-state index contributed by atoms with van der Waals surface area (Å²) in [5.41, 5.74) is 3.82. The number of nitrogens with one attached hydrogen (secondary N) is 1. The Balaban J connectivity index is 1.42. The average Bonchev–Trinajstić information content (AvgIpc) is 3.48. The lowest BCUT2D eigenvalue weighted by atomic mass is 10.0. The van der Waals surface area contributed by atoms with Crippen LogP contribution in [0.15, 0.2) is 30.5 Å². The van der Waals surface area contributed by atoms with Crippen LogP contribution < -0.4 is 10.1 Å². The molecule has 0 amide bonds. The van der Waals surface area contributed by atoms with Crippen molar-refractivity contribution < 1.29 is 18.3 Å². The highest BCUT2D eigenvalue weighted by Gasteiger charge is 2.30. The molecule has 4 aromatic rings. The van der Waals surface area contributed by atoms with Crippen LogP contribution in [0.5, 0.6) is 5.88 Å². The van der Waals surface area contributed by atoms with Crippen molar-refractivity contribution in [2.75, 3.05) is 52.5 Å². The van der Waals surface area contributed by atoms with Gasteiger partial charge in [-0.15, -0.1) is 10.2 Å². The molecule has 0 saturated carbocycles. The van der Waals surface area contributed by atoms with Gasteiger partial charge < -0.3 is 14.8 Å². The molecular weight excluding hydrogens is 458 g/mol. The molecule has 0 radical (unpaired) electrons. The van der Waals surface area contributed by atoms with E-state index in [9.17, 15) is 8.78 Å². The highest BCUT2D eigenvalue weighted by molar-refractivity contribution is 5.89. The molecule has 1 aromatic carbocycles. The summed E-state index contributed by atoms with van der Waals surface area (Å²) in [4.78, 5) is 6.59. The van der Waals surface area contributed by atoms with Gasteiger partial charge in [0.05, 0.1) is 31.8 Å². The predicted molar refractivity (Wildman–Crippen MR) is 127 cm³/mol. The second-order valence-corrected chi connectivity index (χ2v) is 8.52. The van der Waals surface area contributed by atoms with E-state index in [1.807, 2.05) is 30.5 Å². The van der Waals surface area contributed by atoms with Gasteiger partial charge >= 0.3 is 0 Å². The third-order valence-corrected chi connectivity index (χ3v) is 6.35. The largest absolute Gasteiger partial charge is 0.479 e. The van der Waals surface area contributed by atoms with Crippen LogP contribution in [0, 0.1) is 0 Å². The third kappa shape index (κ3) is 4.63. The van der Waals surface area contributed by atoms with Gasteiger partial charge in [-0.25, -0.2) is 18.0 Å². The molecule has 1 aliphatic heterocycles. The summed E-state index contributed by atoms with van der Waals surface area (Å²) in [6.07, 6.45) is 1.38. The van der Waals surface area contributed by atoms with Gasteiger partial charge in [-0.05, 0) is 30.2 Å². The SMILES string of the molecule is COCCN1CC[C@H](Nc2nc(OC)c3c(-c4ccc5nnn(CCF)c5c4)ccn3n2)[C@H](F)C1. The van der Waals surface area contributed by atoms with Crippen LogP contribution in [0.3, 0.4) is 0 Å². The van der Waals surface area contributed by atoms with E-state index in [0.717, 1.165) is 23.2 Å². The number of likely N-dealkylation sites (tertiary alicyclic amines) is 1. The molecule has 0 aliphatic carbocycles. The van der Waals surface area contributed by atoms with Gasteiger partial charge in [-0.1, -0.05) is 11.3 Å². The molecule has 35 heavy (non-hydrogen) atoms. The van der Waals surface area contributed by atoms with E-state index >= 15 is 0 Å². The van der Waals surface area contributed by atoms with E-state index in [-0.39, 0.29) is 6.54 Å². The van der Waals surface area contributed by atoms with Crippen molar-refractivity contribution in [2.45, 2.75) is 25.2 Å². The summed E-state index contributed by atoms with van der Waals surface area (Å²) in [5.74, 6) is 0.668. The molecule has 1 fully saturated rings. The highest BCUT2D eigenvalue weighted by atomic mass is 19.1. The number of nitrogens with zero attached hydrogens (tertiary/aromatic N) is 7. The number of hydrogen-bond donors (Lipinski definition) is 1. The summed E-state index contributed by atoms with van der Waals surface area (Å²) in [5, 5.41) is 15.8. The van der Waals surface area contributed by atoms with E-state index < -0.39 is 18.9 Å². The Morgan fingerprint density at radius 3 is 2.86 bits per heavy atom. The zero-order chi connectivity index (χ0) is 24.4. The van der Waals surface area contributed by atoms with Gasteiger partial charge in [0.1, 0.15) is 23.9 Å². The number of benzene rings is 1. The van der Waals surface area contributed by atoms with Crippen molar-refractivity contribution >= 4 is 22.5 Å². The van der Waals surface area contributed by atoms with Crippen LogP contribution in [0.25, 0.3) is 27.7 Å². The number of hydrogen-bond acceptors (Lipinski definition) is 8. The number of alkyl halides is 2. The van der Waals surface area contributed by atoms with Crippen LogP contribution >= 0.6 is 0 Å². The minimum atomic E-state index is -1.05. The zero-order valence-corrected chi connectivity index (χ0v) is 19.7. The Morgan fingerprint density at radius 1 is 1.20 bits per heavy atom. The minimum Gasteiger partial charge on any atom is -0.479 e. The lowest BCUT2D eigenvalue weighted by molar-refractivity contribution is 0.0918. The standard InChI is InChI=1S/C23H28F2N8O2/c1-34-12-11-31-8-6-18(17(25)14-31)26-23-27-22(35-2)21-16(5-9-33(21)29-23)15-3-4-19-20(13-15)32(10-7-24)30-28-19/h3-5,9,13,17-18H,6-8,10-12,14H2,1-2H3,(H,26,29)/t17-,18+/m1/s1. The molecule has 10 nitrogen and oxygen atoms in total. The number of ether oxygens (including phenoxy) is 2. The van der Waals surface area contributed by atoms with Crippen LogP contribution in [0.4, 0.5) is 14.7 Å². The summed E-state index contributed by atoms with van der Waals surface area (Å²) < 4.78 is 41.7. The van der Waals surface area contributed by atoms with Gasteiger partial charge in [0.2, 0.25) is 11.8 Å². The molecule has 1 aliphatic rings. The summed E-state index contributed by atoms with van der Waals surface area (Å²) >= 11 is 0. The fourth-order valence-corrected chi connectivity index (χ4v) is 4.53. The number of methoxy groups -OCH3 is 2. The molecule has 12 heteroatoms. The molecule has 0 bridgehead atoms. The molecular formula is C23H28F2N8O2. The van der Waals surface area contributed by atoms with Crippen molar-refractivity contribution in [2.24, 2.45) is 0 Å². The Kier molecular flexibility index (Phi) is 6.73. The second kappa shape index (κ2) is 10.1. The number of anilines is 1. The van der Waals surface area contributed by atoms with Gasteiger partial charge in [0.25, 0.3) is 0 Å². The first-order valence-electron chi connectivity index (χ1n) is 11.6. The van der Waals surface area contributed by atoms with Gasteiger partial charge in [-0.2, -0.15) is 4.98 Å². The van der Waals surface area contributed by atoms with Crippen molar-refractivity contribution in [3.63, 3.8) is 0 Å². The molecule has 1 saturated heterocycles. The Labute approximate surface area is 200 Å². The molecule has 186 valence electrons. The third-order valence-electron chi connectivity index (χ3n) is 6.35. The van der Waals surface area contributed by atoms with E-state index in [4.69, 9.17) is 9.47 Å². The predicted octanol–water partition coefficient (Wildman–Crippen LogP) is 2.59. The molecule has 1 N–H and O–H groups in total. The van der Waals surface area contributed by atoms with E-state index in [1.54, 1.807) is 23.4 Å². The van der Waals surface area contributed by atoms with Crippen LogP contribution in [-0.2, 0) is 11.3 Å². The van der Waals surface area contributed by atoms with Gasteiger partial charge in [-0.3, -0.25) is 4.90 Å². The fraction of sp³-hybridized carbons (Fsp3) is 0.478. The summed E-state index contributed by atoms with van der Waals surface area (Å²) in [7, 11) is 3.19. The molecule has 0 unspecified atom stereocenters. The molecule has 2 atom stereocenters. The Hall–Kier alpha value is -3.38. The van der Waals surface area contributed by atoms with E-state index in [0.29, 0.717) is 49.0 Å². The first-order valence-corrected chi connectivity index (χ1v) is 11.6. The lowest BCUT2D eigenvalue weighted by Crippen LogP contribution is -2.48. The van der Waals surface area contributed by atoms with Crippen molar-refractivity contribution in [1.82, 2.24) is 34.5 Å². The molecule has 0 spiro atoms. The summed E-state index contributed by atoms with van der Waals surface area (Å²) in [6.45, 7) is 2.01. The van der Waals surface area contributed by atoms with Gasteiger partial charge in [0.15, 0.2) is 0 Å². The van der Waals surface area contributed by atoms with Crippen LogP contribution in [-0.4, -0.2) is 93.8 Å². The Bertz CT molecular complexity index is 1310. The zero-order valence-electron chi connectivity index (χ0n) is 19.7. The average molecular weight is 487 g/mol. The topological polar surface area (TPSA) is 94.6 Å². The van der Waals surface area contributed by atoms with Crippen molar-refractivity contribution in [1.29, 1.82) is 0 Å². The number of halogens is 2.